The van der Waals surface area contributed by atoms with Crippen LogP contribution in [-0.2, 0) is 9.59 Å². The molecular weight excluding hydrogens is 762 g/mol. The van der Waals surface area contributed by atoms with Crippen LogP contribution in [0.4, 0.5) is 23.5 Å². The molecule has 2 fully saturated rings. The normalized spacial score (nSPS) is 14.7. The Bertz CT molecular complexity index is 1840. The monoisotopic (exact) mass is 794 g/mol. The number of anilines is 4. The van der Waals surface area contributed by atoms with Crippen molar-refractivity contribution in [2.24, 2.45) is 0 Å². The molecular formula is C32H34Cl4N10O2S2. The zero-order valence-corrected chi connectivity index (χ0v) is 31.8. The van der Waals surface area contributed by atoms with Gasteiger partial charge in [-0.2, -0.15) is 9.97 Å². The highest BCUT2D eigenvalue weighted by atomic mass is 35.5. The molecule has 4 heterocycles. The summed E-state index contributed by atoms with van der Waals surface area (Å²) in [5.41, 5.74) is 11.6. The van der Waals surface area contributed by atoms with E-state index in [-0.39, 0.29) is 23.7 Å². The largest absolute Gasteiger partial charge is 0.368 e. The smallest absolute Gasteiger partial charge is 0.222 e. The molecule has 12 nitrogen and oxygen atoms in total. The fraction of sp³-hybridized carbons (Fsp3) is 0.312. The average Bonchev–Trinajstić information content (AvgIpc) is 3.09. The van der Waals surface area contributed by atoms with Crippen LogP contribution in [-0.4, -0.2) is 93.9 Å². The number of nitrogens with zero attached hydrogens (tertiary/aromatic N) is 8. The predicted octanol–water partition coefficient (Wildman–Crippen LogP) is 6.37. The number of amides is 2. The van der Waals surface area contributed by atoms with Crippen molar-refractivity contribution < 1.29 is 9.59 Å². The number of carbonyl (C=O) groups is 2. The molecule has 2 aromatic heterocycles. The van der Waals surface area contributed by atoms with Crippen LogP contribution in [0.5, 0.6) is 0 Å². The molecule has 0 spiro atoms. The summed E-state index contributed by atoms with van der Waals surface area (Å²) in [6.07, 6.45) is 3.38. The van der Waals surface area contributed by atoms with Crippen LogP contribution < -0.4 is 21.3 Å². The molecule has 0 bridgehead atoms. The number of hydrogen-bond acceptors (Lipinski definition) is 12. The van der Waals surface area contributed by atoms with Gasteiger partial charge in [-0.05, 0) is 30.3 Å². The van der Waals surface area contributed by atoms with Crippen LogP contribution in [0.25, 0.3) is 0 Å². The van der Waals surface area contributed by atoms with Gasteiger partial charge in [0.1, 0.15) is 11.6 Å². The summed E-state index contributed by atoms with van der Waals surface area (Å²) in [6.45, 7) is 8.53. The number of nitrogens with two attached hydrogens (primary N) is 2. The Morgan fingerprint density at radius 3 is 1.54 bits per heavy atom. The van der Waals surface area contributed by atoms with Crippen molar-refractivity contribution in [3.63, 3.8) is 0 Å². The molecule has 2 aromatic carbocycles. The highest BCUT2D eigenvalue weighted by molar-refractivity contribution is 8.00. The Balaban J connectivity index is 0.000000194. The Kier molecular flexibility index (Phi) is 13.0. The molecule has 0 unspecified atom stereocenters. The van der Waals surface area contributed by atoms with Gasteiger partial charge in [-0.1, -0.05) is 76.0 Å². The molecule has 264 valence electrons. The molecule has 0 aliphatic carbocycles. The van der Waals surface area contributed by atoms with Crippen molar-refractivity contribution in [3.05, 3.63) is 68.9 Å². The van der Waals surface area contributed by atoms with Crippen LogP contribution in [0.15, 0.2) is 68.4 Å². The maximum Gasteiger partial charge on any atom is 0.222 e. The third kappa shape index (κ3) is 9.68. The van der Waals surface area contributed by atoms with Gasteiger partial charge in [0.25, 0.3) is 0 Å². The van der Waals surface area contributed by atoms with Crippen molar-refractivity contribution in [1.29, 1.82) is 0 Å². The van der Waals surface area contributed by atoms with E-state index in [0.29, 0.717) is 72.4 Å². The number of halogens is 4. The molecule has 4 N–H and O–H groups in total. The van der Waals surface area contributed by atoms with E-state index in [2.05, 4.69) is 29.7 Å². The lowest BCUT2D eigenvalue weighted by Gasteiger charge is -2.35. The molecule has 0 atom stereocenters. The molecule has 18 heteroatoms. The van der Waals surface area contributed by atoms with Crippen LogP contribution >= 0.6 is 69.9 Å². The first kappa shape index (κ1) is 37.8. The lowest BCUT2D eigenvalue weighted by Crippen LogP contribution is -2.48. The van der Waals surface area contributed by atoms with Crippen LogP contribution in [0.1, 0.15) is 13.8 Å². The quantitative estimate of drug-likeness (QED) is 0.223. The highest BCUT2D eigenvalue weighted by Gasteiger charge is 2.25. The Morgan fingerprint density at radius 1 is 0.640 bits per heavy atom. The van der Waals surface area contributed by atoms with Gasteiger partial charge in [-0.25, -0.2) is 9.97 Å². The van der Waals surface area contributed by atoms with E-state index >= 15 is 0 Å². The molecule has 50 heavy (non-hydrogen) atoms. The first-order valence-corrected chi connectivity index (χ1v) is 18.5. The fourth-order valence-corrected chi connectivity index (χ4v) is 8.16. The number of hydrogen-bond donors (Lipinski definition) is 2. The first-order chi connectivity index (χ1) is 23.9. The average molecular weight is 797 g/mol. The SMILES string of the molecule is CC(=O)N1CCN(c2nc(N)ncc2Sc2c(Cl)cccc2Cl)CC1.CC(=O)N1CCN(c2nc(N)ncc2Sc2ccc(Cl)cc2Cl)CC1. The standard InChI is InChI=1S/2C16H17Cl2N5OS/c1-10(24)22-4-6-23(7-5-22)15-14(9-20-16(19)21-15)25-13-3-2-11(17)8-12(13)18;1-10(24)22-5-7-23(8-6-22)15-13(9-20-16(19)21-15)25-14-11(17)3-2-4-12(14)18/h2-3,8-9H,4-7H2,1H3,(H2,19,20,21);2-4,9H,5-8H2,1H3,(H2,19,20,21). The second-order valence-electron chi connectivity index (χ2n) is 11.1. The zero-order chi connectivity index (χ0) is 35.9. The van der Waals surface area contributed by atoms with Crippen molar-refractivity contribution in [2.75, 3.05) is 73.6 Å². The van der Waals surface area contributed by atoms with Gasteiger partial charge in [0.15, 0.2) is 0 Å². The Hall–Kier alpha value is -3.40. The summed E-state index contributed by atoms with van der Waals surface area (Å²) in [4.78, 5) is 51.2. The first-order valence-electron chi connectivity index (χ1n) is 15.4. The van der Waals surface area contributed by atoms with E-state index in [4.69, 9.17) is 57.9 Å². The van der Waals surface area contributed by atoms with Gasteiger partial charge < -0.3 is 31.1 Å². The number of nitrogen functional groups attached to an aromatic ring is 2. The molecule has 4 aromatic rings. The number of rotatable bonds is 6. The topological polar surface area (TPSA) is 151 Å². The van der Waals surface area contributed by atoms with Crippen LogP contribution in [0.2, 0.25) is 20.1 Å². The minimum atomic E-state index is 0.0827. The lowest BCUT2D eigenvalue weighted by atomic mass is 10.3. The summed E-state index contributed by atoms with van der Waals surface area (Å²) < 4.78 is 0. The second-order valence-corrected chi connectivity index (χ2v) is 14.9. The molecule has 0 radical (unpaired) electrons. The van der Waals surface area contributed by atoms with Crippen LogP contribution in [0.3, 0.4) is 0 Å². The molecule has 6 rings (SSSR count). The maximum absolute atomic E-state index is 11.5. The van der Waals surface area contributed by atoms with Crippen molar-refractivity contribution >= 4 is 105 Å². The Morgan fingerprint density at radius 2 is 1.10 bits per heavy atom. The predicted molar refractivity (Wildman–Crippen MR) is 203 cm³/mol. The van der Waals surface area contributed by atoms with E-state index in [1.807, 2.05) is 15.9 Å². The van der Waals surface area contributed by atoms with Gasteiger partial charge in [0.05, 0.1) is 24.9 Å². The fourth-order valence-electron chi connectivity index (χ4n) is 5.18. The number of aromatic nitrogens is 4. The number of benzene rings is 2. The van der Waals surface area contributed by atoms with E-state index < -0.39 is 0 Å². The van der Waals surface area contributed by atoms with Crippen molar-refractivity contribution in [2.45, 2.75) is 33.4 Å². The number of carbonyl (C=O) groups excluding carboxylic acids is 2. The summed E-state index contributed by atoms with van der Waals surface area (Å²) >= 11 is 27.7. The minimum Gasteiger partial charge on any atom is -0.368 e. The third-order valence-corrected chi connectivity index (χ3v) is 11.6. The summed E-state index contributed by atoms with van der Waals surface area (Å²) in [5, 5.41) is 2.30. The summed E-state index contributed by atoms with van der Waals surface area (Å²) in [6, 6.07) is 10.7. The molecule has 2 aliphatic heterocycles. The molecule has 2 saturated heterocycles. The van der Waals surface area contributed by atoms with E-state index in [1.165, 1.54) is 23.5 Å². The van der Waals surface area contributed by atoms with Crippen LogP contribution in [0, 0.1) is 0 Å². The minimum absolute atomic E-state index is 0.0827. The Labute approximate surface area is 318 Å². The van der Waals surface area contributed by atoms with Gasteiger partial charge >= 0.3 is 0 Å². The van der Waals surface area contributed by atoms with Crippen molar-refractivity contribution in [3.8, 4) is 0 Å². The second kappa shape index (κ2) is 17.2. The maximum atomic E-state index is 11.5. The van der Waals surface area contributed by atoms with Gasteiger partial charge in [-0.3, -0.25) is 9.59 Å². The van der Waals surface area contributed by atoms with Gasteiger partial charge in [0.2, 0.25) is 23.7 Å². The van der Waals surface area contributed by atoms with E-state index in [1.54, 1.807) is 56.6 Å². The summed E-state index contributed by atoms with van der Waals surface area (Å²) in [7, 11) is 0. The van der Waals surface area contributed by atoms with Gasteiger partial charge in [0, 0.05) is 93.4 Å². The zero-order valence-electron chi connectivity index (χ0n) is 27.2. The molecule has 0 saturated carbocycles. The number of piperazine rings is 2. The van der Waals surface area contributed by atoms with E-state index in [0.717, 1.165) is 31.2 Å². The van der Waals surface area contributed by atoms with Crippen molar-refractivity contribution in [1.82, 2.24) is 29.7 Å². The molecule has 2 amide bonds. The third-order valence-electron chi connectivity index (χ3n) is 7.80. The van der Waals surface area contributed by atoms with Gasteiger partial charge in [-0.15, -0.1) is 0 Å². The summed E-state index contributed by atoms with van der Waals surface area (Å²) in [5.74, 6) is 2.08. The molecule has 2 aliphatic rings. The highest BCUT2D eigenvalue weighted by Crippen LogP contribution is 2.42. The lowest BCUT2D eigenvalue weighted by molar-refractivity contribution is -0.129. The van der Waals surface area contributed by atoms with E-state index in [9.17, 15) is 9.59 Å².